The van der Waals surface area contributed by atoms with E-state index in [9.17, 15) is 4.79 Å². The van der Waals surface area contributed by atoms with Crippen LogP contribution < -0.4 is 5.73 Å². The van der Waals surface area contributed by atoms with Crippen molar-refractivity contribution in [1.29, 1.82) is 0 Å². The van der Waals surface area contributed by atoms with E-state index >= 15 is 0 Å². The highest BCUT2D eigenvalue weighted by Gasteiger charge is 2.37. The van der Waals surface area contributed by atoms with Gasteiger partial charge in [-0.3, -0.25) is 9.69 Å². The maximum Gasteiger partial charge on any atom is 0.239 e. The van der Waals surface area contributed by atoms with Crippen LogP contribution >= 0.6 is 0 Å². The lowest BCUT2D eigenvalue weighted by Crippen LogP contribution is -2.35. The zero-order valence-corrected chi connectivity index (χ0v) is 14.3. The van der Waals surface area contributed by atoms with Crippen molar-refractivity contribution in [2.45, 2.75) is 46.3 Å². The number of fused-ring (bicyclic) bond motifs is 1. The van der Waals surface area contributed by atoms with Gasteiger partial charge in [0.15, 0.2) is 0 Å². The van der Waals surface area contributed by atoms with Gasteiger partial charge in [0.05, 0.1) is 0 Å². The molecule has 0 saturated heterocycles. The lowest BCUT2D eigenvalue weighted by atomic mass is 9.93. The number of carbonyl (C=O) groups excluding carboxylic acids is 1. The van der Waals surface area contributed by atoms with Crippen LogP contribution in [0.1, 0.15) is 52.4 Å². The van der Waals surface area contributed by atoms with Gasteiger partial charge >= 0.3 is 0 Å². The fraction of sp³-hybridized carbons (Fsp3) is 0.350. The summed E-state index contributed by atoms with van der Waals surface area (Å²) in [5.74, 6) is -0.274. The summed E-state index contributed by atoms with van der Waals surface area (Å²) in [6.45, 7) is 9.35. The van der Waals surface area contributed by atoms with Gasteiger partial charge in [0.1, 0.15) is 6.04 Å². The van der Waals surface area contributed by atoms with Crippen molar-refractivity contribution in [3.63, 3.8) is 0 Å². The molecule has 23 heavy (non-hydrogen) atoms. The summed E-state index contributed by atoms with van der Waals surface area (Å²) in [6.07, 6.45) is 0. The molecule has 0 spiro atoms. The van der Waals surface area contributed by atoms with Gasteiger partial charge in [-0.15, -0.1) is 0 Å². The van der Waals surface area contributed by atoms with E-state index in [1.807, 2.05) is 18.2 Å². The highest BCUT2D eigenvalue weighted by Crippen LogP contribution is 2.41. The second-order valence-corrected chi connectivity index (χ2v) is 6.66. The molecule has 1 aliphatic rings. The highest BCUT2D eigenvalue weighted by molar-refractivity contribution is 5.82. The normalized spacial score (nSPS) is 18.7. The number of carbonyl (C=O) groups is 1. The van der Waals surface area contributed by atoms with E-state index in [4.69, 9.17) is 5.73 Å². The first-order valence-corrected chi connectivity index (χ1v) is 8.10. The topological polar surface area (TPSA) is 46.3 Å². The summed E-state index contributed by atoms with van der Waals surface area (Å²) < 4.78 is 0. The van der Waals surface area contributed by atoms with Crippen LogP contribution in [0.3, 0.4) is 0 Å². The standard InChI is InChI=1S/C20H24N2O/c1-12-9-13(2)18(14(3)10-12)15(4)22-11-16-7-5-6-8-17(16)19(22)20(21)23/h5-10,15,19H,11H2,1-4H3,(H2,21,23). The average molecular weight is 308 g/mol. The molecular formula is C20H24N2O. The number of nitrogens with two attached hydrogens (primary N) is 1. The predicted molar refractivity (Wildman–Crippen MR) is 93.0 cm³/mol. The van der Waals surface area contributed by atoms with Crippen molar-refractivity contribution >= 4 is 5.91 Å². The molecule has 1 heterocycles. The maximum absolute atomic E-state index is 12.1. The first kappa shape index (κ1) is 15.8. The Labute approximate surface area is 138 Å². The fourth-order valence-electron chi connectivity index (χ4n) is 4.10. The van der Waals surface area contributed by atoms with Crippen molar-refractivity contribution in [3.05, 3.63) is 69.8 Å². The molecule has 0 fully saturated rings. The first-order chi connectivity index (χ1) is 10.9. The Hall–Kier alpha value is -2.13. The Balaban J connectivity index is 2.04. The number of aryl methyl sites for hydroxylation is 3. The van der Waals surface area contributed by atoms with Crippen LogP contribution in [0.4, 0.5) is 0 Å². The number of benzene rings is 2. The van der Waals surface area contributed by atoms with E-state index in [0.29, 0.717) is 0 Å². The zero-order chi connectivity index (χ0) is 16.7. The smallest absolute Gasteiger partial charge is 0.239 e. The number of hydrogen-bond acceptors (Lipinski definition) is 2. The first-order valence-electron chi connectivity index (χ1n) is 8.10. The zero-order valence-electron chi connectivity index (χ0n) is 14.3. The van der Waals surface area contributed by atoms with Crippen molar-refractivity contribution < 1.29 is 4.79 Å². The van der Waals surface area contributed by atoms with E-state index in [2.05, 4.69) is 50.8 Å². The van der Waals surface area contributed by atoms with Gasteiger partial charge in [-0.05, 0) is 55.5 Å². The fourth-order valence-corrected chi connectivity index (χ4v) is 4.10. The number of rotatable bonds is 3. The largest absolute Gasteiger partial charge is 0.368 e. The molecule has 1 amide bonds. The Morgan fingerprint density at radius 3 is 2.39 bits per heavy atom. The molecule has 0 aromatic heterocycles. The lowest BCUT2D eigenvalue weighted by Gasteiger charge is -2.31. The minimum Gasteiger partial charge on any atom is -0.368 e. The van der Waals surface area contributed by atoms with E-state index in [1.54, 1.807) is 0 Å². The molecule has 0 bridgehead atoms. The van der Waals surface area contributed by atoms with Gasteiger partial charge in [0.2, 0.25) is 5.91 Å². The third-order valence-electron chi connectivity index (χ3n) is 4.96. The Kier molecular flexibility index (Phi) is 3.99. The summed E-state index contributed by atoms with van der Waals surface area (Å²) >= 11 is 0. The molecule has 2 unspecified atom stereocenters. The third-order valence-corrected chi connectivity index (χ3v) is 4.96. The number of nitrogens with zero attached hydrogens (tertiary/aromatic N) is 1. The van der Waals surface area contributed by atoms with Gasteiger partial charge in [-0.1, -0.05) is 42.0 Å². The Morgan fingerprint density at radius 1 is 1.17 bits per heavy atom. The van der Waals surface area contributed by atoms with Crippen LogP contribution in [-0.4, -0.2) is 10.8 Å². The molecule has 1 aliphatic heterocycles. The number of hydrogen-bond donors (Lipinski definition) is 1. The molecule has 2 aromatic carbocycles. The molecule has 2 atom stereocenters. The quantitative estimate of drug-likeness (QED) is 0.939. The molecule has 2 N–H and O–H groups in total. The van der Waals surface area contributed by atoms with E-state index in [-0.39, 0.29) is 18.0 Å². The van der Waals surface area contributed by atoms with Crippen molar-refractivity contribution in [3.8, 4) is 0 Å². The maximum atomic E-state index is 12.1. The van der Waals surface area contributed by atoms with Gasteiger partial charge < -0.3 is 5.73 Å². The Bertz CT molecular complexity index is 743. The van der Waals surface area contributed by atoms with Crippen molar-refractivity contribution in [1.82, 2.24) is 4.90 Å². The molecule has 0 aliphatic carbocycles. The molecule has 0 radical (unpaired) electrons. The number of primary amides is 1. The predicted octanol–water partition coefficient (Wildman–Crippen LogP) is 3.72. The van der Waals surface area contributed by atoms with Gasteiger partial charge in [0, 0.05) is 12.6 Å². The van der Waals surface area contributed by atoms with Crippen molar-refractivity contribution in [2.75, 3.05) is 0 Å². The summed E-state index contributed by atoms with van der Waals surface area (Å²) in [4.78, 5) is 14.3. The summed E-state index contributed by atoms with van der Waals surface area (Å²) in [6, 6.07) is 12.3. The minimum atomic E-state index is -0.346. The minimum absolute atomic E-state index is 0.139. The molecule has 120 valence electrons. The van der Waals surface area contributed by atoms with E-state index in [0.717, 1.165) is 12.1 Å². The highest BCUT2D eigenvalue weighted by atomic mass is 16.1. The Morgan fingerprint density at radius 2 is 1.78 bits per heavy atom. The molecule has 0 saturated carbocycles. The molecule has 3 nitrogen and oxygen atoms in total. The third kappa shape index (κ3) is 2.66. The van der Waals surface area contributed by atoms with Gasteiger partial charge in [-0.25, -0.2) is 0 Å². The molecular weight excluding hydrogens is 284 g/mol. The van der Waals surface area contributed by atoms with Gasteiger partial charge in [-0.2, -0.15) is 0 Å². The monoisotopic (exact) mass is 308 g/mol. The van der Waals surface area contributed by atoms with Gasteiger partial charge in [0.25, 0.3) is 0 Å². The van der Waals surface area contributed by atoms with E-state index in [1.165, 1.54) is 27.8 Å². The van der Waals surface area contributed by atoms with Crippen LogP contribution in [-0.2, 0) is 11.3 Å². The molecule has 3 heteroatoms. The van der Waals surface area contributed by atoms with Crippen molar-refractivity contribution in [2.24, 2.45) is 5.73 Å². The second-order valence-electron chi connectivity index (χ2n) is 6.66. The number of amides is 1. The molecule has 3 rings (SSSR count). The van der Waals surface area contributed by atoms with Crippen LogP contribution in [0.15, 0.2) is 36.4 Å². The summed E-state index contributed by atoms with van der Waals surface area (Å²) in [5.41, 5.74) is 13.1. The summed E-state index contributed by atoms with van der Waals surface area (Å²) in [5, 5.41) is 0. The SMILES string of the molecule is Cc1cc(C)c(C(C)N2Cc3ccccc3C2C(N)=O)c(C)c1. The summed E-state index contributed by atoms with van der Waals surface area (Å²) in [7, 11) is 0. The van der Waals surface area contributed by atoms with Crippen LogP contribution in [0.25, 0.3) is 0 Å². The van der Waals surface area contributed by atoms with Crippen LogP contribution in [0.5, 0.6) is 0 Å². The second kappa shape index (κ2) is 5.82. The van der Waals surface area contributed by atoms with Crippen LogP contribution in [0, 0.1) is 20.8 Å². The lowest BCUT2D eigenvalue weighted by molar-refractivity contribution is -0.124. The van der Waals surface area contributed by atoms with E-state index < -0.39 is 0 Å². The molecule has 2 aromatic rings. The average Bonchev–Trinajstić information content (AvgIpc) is 2.85. The van der Waals surface area contributed by atoms with Crippen LogP contribution in [0.2, 0.25) is 0 Å².